The van der Waals surface area contributed by atoms with Crippen LogP contribution in [0.4, 0.5) is 4.39 Å². The Morgan fingerprint density at radius 2 is 1.96 bits per heavy atom. The number of ether oxygens (including phenoxy) is 1. The molecule has 0 saturated heterocycles. The zero-order valence-corrected chi connectivity index (χ0v) is 14.2. The highest BCUT2D eigenvalue weighted by atomic mass is 19.1. The molecule has 3 rings (SSSR count). The van der Waals surface area contributed by atoms with E-state index in [9.17, 15) is 9.18 Å². The van der Waals surface area contributed by atoms with Crippen molar-refractivity contribution < 1.29 is 18.3 Å². The van der Waals surface area contributed by atoms with Crippen molar-refractivity contribution in [3.05, 3.63) is 66.3 Å². The maximum Gasteiger partial charge on any atom is 0.244 e. The molecule has 2 aromatic carbocycles. The largest absolute Gasteiger partial charge is 0.494 e. The van der Waals surface area contributed by atoms with Crippen molar-refractivity contribution in [2.75, 3.05) is 13.2 Å². The molecule has 3 aromatic rings. The van der Waals surface area contributed by atoms with Gasteiger partial charge >= 0.3 is 0 Å². The summed E-state index contributed by atoms with van der Waals surface area (Å²) in [6.45, 7) is 1.06. The number of carbonyl (C=O) groups excluding carboxylic acids is 1. The number of nitrogens with zero attached hydrogens (tertiary/aromatic N) is 1. The predicted molar refractivity (Wildman–Crippen MR) is 97.2 cm³/mol. The van der Waals surface area contributed by atoms with Gasteiger partial charge in [0, 0.05) is 18.7 Å². The van der Waals surface area contributed by atoms with Gasteiger partial charge in [0.1, 0.15) is 17.1 Å². The van der Waals surface area contributed by atoms with E-state index in [2.05, 4.69) is 10.3 Å². The third-order valence-corrected chi connectivity index (χ3v) is 3.64. The first-order chi connectivity index (χ1) is 12.7. The average molecular weight is 354 g/mol. The summed E-state index contributed by atoms with van der Waals surface area (Å²) in [6.07, 6.45) is 4.52. The van der Waals surface area contributed by atoms with Gasteiger partial charge in [-0.25, -0.2) is 9.37 Å². The Labute approximate surface area is 150 Å². The van der Waals surface area contributed by atoms with Crippen LogP contribution in [0.25, 0.3) is 17.2 Å². The monoisotopic (exact) mass is 354 g/mol. The van der Waals surface area contributed by atoms with Crippen LogP contribution in [0.5, 0.6) is 5.75 Å². The molecule has 1 heterocycles. The van der Waals surface area contributed by atoms with E-state index in [1.165, 1.54) is 18.2 Å². The molecule has 6 heteroatoms. The van der Waals surface area contributed by atoms with Gasteiger partial charge < -0.3 is 14.5 Å². The smallest absolute Gasteiger partial charge is 0.244 e. The number of carbonyl (C=O) groups is 1. The van der Waals surface area contributed by atoms with E-state index in [1.54, 1.807) is 18.2 Å². The number of amides is 1. The van der Waals surface area contributed by atoms with Crippen LogP contribution in [0, 0.1) is 5.82 Å². The predicted octanol–water partition coefficient (Wildman–Crippen LogP) is 3.96. The lowest BCUT2D eigenvalue weighted by atomic mass is 10.3. The highest BCUT2D eigenvalue weighted by Gasteiger charge is 2.02. The van der Waals surface area contributed by atoms with Crippen molar-refractivity contribution >= 4 is 23.1 Å². The fraction of sp³-hybridized carbons (Fsp3) is 0.200. The van der Waals surface area contributed by atoms with E-state index in [-0.39, 0.29) is 11.7 Å². The van der Waals surface area contributed by atoms with Crippen molar-refractivity contribution in [1.29, 1.82) is 0 Å². The molecule has 1 aromatic heterocycles. The first kappa shape index (κ1) is 17.7. The third kappa shape index (κ3) is 5.17. The summed E-state index contributed by atoms with van der Waals surface area (Å²) in [5.74, 6) is 0.545. The normalized spacial score (nSPS) is 11.1. The molecule has 134 valence electrons. The molecule has 0 fully saturated rings. The number of halogens is 1. The fourth-order valence-corrected chi connectivity index (χ4v) is 2.33. The molecule has 0 bridgehead atoms. The lowest BCUT2D eigenvalue weighted by Gasteiger charge is -2.06. The van der Waals surface area contributed by atoms with Gasteiger partial charge in [-0.2, -0.15) is 0 Å². The molecule has 0 spiro atoms. The Balaban J connectivity index is 1.33. The Morgan fingerprint density at radius 3 is 2.77 bits per heavy atom. The van der Waals surface area contributed by atoms with Crippen LogP contribution in [0.3, 0.4) is 0 Å². The van der Waals surface area contributed by atoms with Crippen molar-refractivity contribution in [3.63, 3.8) is 0 Å². The van der Waals surface area contributed by atoms with Gasteiger partial charge in [0.05, 0.1) is 6.61 Å². The quantitative estimate of drug-likeness (QED) is 0.491. The molecular formula is C20H19FN2O3. The van der Waals surface area contributed by atoms with Gasteiger partial charge in [0.25, 0.3) is 0 Å². The van der Waals surface area contributed by atoms with E-state index in [0.29, 0.717) is 30.4 Å². The minimum absolute atomic E-state index is 0.202. The van der Waals surface area contributed by atoms with Crippen LogP contribution < -0.4 is 10.1 Å². The fourth-order valence-electron chi connectivity index (χ4n) is 2.33. The minimum atomic E-state index is -0.286. The van der Waals surface area contributed by atoms with E-state index in [1.807, 2.05) is 24.3 Å². The summed E-state index contributed by atoms with van der Waals surface area (Å²) < 4.78 is 23.8. The van der Waals surface area contributed by atoms with Gasteiger partial charge in [-0.15, -0.1) is 0 Å². The summed E-state index contributed by atoms with van der Waals surface area (Å²) in [5, 5.41) is 2.79. The maximum atomic E-state index is 12.8. The lowest BCUT2D eigenvalue weighted by molar-refractivity contribution is -0.116. The molecule has 0 aliphatic rings. The topological polar surface area (TPSA) is 64.4 Å². The van der Waals surface area contributed by atoms with Crippen LogP contribution in [-0.2, 0) is 4.79 Å². The van der Waals surface area contributed by atoms with Gasteiger partial charge in [-0.1, -0.05) is 12.1 Å². The molecule has 0 atom stereocenters. The van der Waals surface area contributed by atoms with Gasteiger partial charge in [-0.05, 0) is 49.2 Å². The van der Waals surface area contributed by atoms with Crippen molar-refractivity contribution in [1.82, 2.24) is 10.3 Å². The van der Waals surface area contributed by atoms with E-state index in [0.717, 1.165) is 18.4 Å². The molecule has 0 radical (unpaired) electrons. The number of unbranched alkanes of at least 4 members (excludes halogenated alkanes) is 1. The number of oxazole rings is 1. The number of hydrogen-bond acceptors (Lipinski definition) is 4. The van der Waals surface area contributed by atoms with E-state index in [4.69, 9.17) is 9.15 Å². The standard InChI is InChI=1S/C20H19FN2O3/c21-15-7-9-16(10-8-15)25-14-4-3-13-22-19(24)11-12-20-23-17-5-1-2-6-18(17)26-20/h1-2,5-12H,3-4,13-14H2,(H,22,24)/b12-11+. The zero-order valence-electron chi connectivity index (χ0n) is 14.2. The Kier molecular flexibility index (Phi) is 5.98. The van der Waals surface area contributed by atoms with Crippen LogP contribution in [0.15, 0.2) is 59.0 Å². The first-order valence-electron chi connectivity index (χ1n) is 8.40. The Morgan fingerprint density at radius 1 is 1.15 bits per heavy atom. The van der Waals surface area contributed by atoms with Gasteiger partial charge in [0.2, 0.25) is 11.8 Å². The van der Waals surface area contributed by atoms with Crippen LogP contribution in [0.2, 0.25) is 0 Å². The second kappa shape index (κ2) is 8.80. The number of nitrogens with one attached hydrogen (secondary N) is 1. The highest BCUT2D eigenvalue weighted by molar-refractivity contribution is 5.91. The number of hydrogen-bond donors (Lipinski definition) is 1. The molecule has 1 amide bonds. The third-order valence-electron chi connectivity index (χ3n) is 3.64. The molecule has 5 nitrogen and oxygen atoms in total. The molecule has 0 saturated carbocycles. The SMILES string of the molecule is O=C(/C=C/c1nc2ccccc2o1)NCCCCOc1ccc(F)cc1. The van der Waals surface area contributed by atoms with Crippen molar-refractivity contribution in [2.24, 2.45) is 0 Å². The summed E-state index contributed by atoms with van der Waals surface area (Å²) in [6, 6.07) is 13.3. The highest BCUT2D eigenvalue weighted by Crippen LogP contribution is 2.15. The number of benzene rings is 2. The van der Waals surface area contributed by atoms with E-state index >= 15 is 0 Å². The van der Waals surface area contributed by atoms with Crippen molar-refractivity contribution in [3.8, 4) is 5.75 Å². The second-order valence-corrected chi connectivity index (χ2v) is 5.65. The Hall–Kier alpha value is -3.15. The summed E-state index contributed by atoms with van der Waals surface area (Å²) >= 11 is 0. The zero-order chi connectivity index (χ0) is 18.2. The number of fused-ring (bicyclic) bond motifs is 1. The summed E-state index contributed by atoms with van der Waals surface area (Å²) in [5.41, 5.74) is 1.45. The average Bonchev–Trinajstić information content (AvgIpc) is 3.07. The van der Waals surface area contributed by atoms with Gasteiger partial charge in [0.15, 0.2) is 5.58 Å². The minimum Gasteiger partial charge on any atom is -0.494 e. The maximum absolute atomic E-state index is 12.8. The number of aromatic nitrogens is 1. The molecular weight excluding hydrogens is 335 g/mol. The molecule has 1 N–H and O–H groups in total. The molecule has 0 aliphatic heterocycles. The van der Waals surface area contributed by atoms with E-state index < -0.39 is 0 Å². The molecule has 26 heavy (non-hydrogen) atoms. The van der Waals surface area contributed by atoms with Crippen molar-refractivity contribution in [2.45, 2.75) is 12.8 Å². The number of para-hydroxylation sites is 2. The number of rotatable bonds is 8. The molecule has 0 aliphatic carbocycles. The summed E-state index contributed by atoms with van der Waals surface area (Å²) in [7, 11) is 0. The second-order valence-electron chi connectivity index (χ2n) is 5.65. The first-order valence-corrected chi connectivity index (χ1v) is 8.40. The van der Waals surface area contributed by atoms with Gasteiger partial charge in [-0.3, -0.25) is 4.79 Å². The molecule has 0 unspecified atom stereocenters. The van der Waals surface area contributed by atoms with Crippen LogP contribution >= 0.6 is 0 Å². The van der Waals surface area contributed by atoms with Crippen LogP contribution in [-0.4, -0.2) is 24.0 Å². The van der Waals surface area contributed by atoms with Crippen LogP contribution in [0.1, 0.15) is 18.7 Å². The Bertz CT molecular complexity index is 854. The summed E-state index contributed by atoms with van der Waals surface area (Å²) in [4.78, 5) is 16.0. The lowest BCUT2D eigenvalue weighted by Crippen LogP contribution is -2.22.